The number of amides is 2. The summed E-state index contributed by atoms with van der Waals surface area (Å²) in [6.45, 7) is 3.06. The second kappa shape index (κ2) is 7.29. The summed E-state index contributed by atoms with van der Waals surface area (Å²) in [5.41, 5.74) is -0.226. The van der Waals surface area contributed by atoms with Gasteiger partial charge in [0.05, 0.1) is 7.11 Å². The smallest absolute Gasteiger partial charge is 0.325 e. The Hall–Kier alpha value is -2.63. The van der Waals surface area contributed by atoms with Gasteiger partial charge in [0.2, 0.25) is 5.91 Å². The van der Waals surface area contributed by atoms with E-state index in [0.717, 1.165) is 5.56 Å². The maximum atomic E-state index is 12.9. The molecule has 1 N–H and O–H groups in total. The summed E-state index contributed by atoms with van der Waals surface area (Å²) in [5.74, 6) is -1.13. The van der Waals surface area contributed by atoms with Crippen molar-refractivity contribution in [3.63, 3.8) is 0 Å². The number of hydrogen-bond donors (Lipinski definition) is 1. The van der Waals surface area contributed by atoms with Gasteiger partial charge in [0.15, 0.2) is 0 Å². The summed E-state index contributed by atoms with van der Waals surface area (Å²) in [5, 5.41) is 2.58. The Kier molecular flexibility index (Phi) is 5.39. The maximum Gasteiger partial charge on any atom is 0.325 e. The van der Waals surface area contributed by atoms with Crippen LogP contribution in [0.15, 0.2) is 42.5 Å². The molecule has 0 saturated carbocycles. The van der Waals surface area contributed by atoms with Gasteiger partial charge in [-0.15, -0.1) is 0 Å². The van der Waals surface area contributed by atoms with Crippen molar-refractivity contribution in [1.29, 1.82) is 0 Å². The minimum absolute atomic E-state index is 0.198. The Labute approximate surface area is 141 Å². The number of carbonyl (C=O) groups is 3. The fourth-order valence-electron chi connectivity index (χ4n) is 3.09. The van der Waals surface area contributed by atoms with Crippen molar-refractivity contribution in [2.75, 3.05) is 13.7 Å². The molecule has 1 aliphatic rings. The van der Waals surface area contributed by atoms with E-state index in [0.29, 0.717) is 6.42 Å². The summed E-state index contributed by atoms with van der Waals surface area (Å²) in [7, 11) is 1.26. The normalized spacial score (nSPS) is 22.3. The summed E-state index contributed by atoms with van der Waals surface area (Å²) in [6.07, 6.45) is 3.92. The molecule has 0 aromatic heterocycles. The van der Waals surface area contributed by atoms with E-state index in [4.69, 9.17) is 0 Å². The number of methoxy groups -OCH3 is 1. The van der Waals surface area contributed by atoms with Crippen molar-refractivity contribution in [3.8, 4) is 0 Å². The molecule has 2 atom stereocenters. The Morgan fingerprint density at radius 2 is 1.92 bits per heavy atom. The first kappa shape index (κ1) is 17.7. The van der Waals surface area contributed by atoms with E-state index in [1.807, 2.05) is 43.3 Å². The first-order valence-corrected chi connectivity index (χ1v) is 7.79. The first-order chi connectivity index (χ1) is 11.4. The molecular weight excluding hydrogens is 308 g/mol. The van der Waals surface area contributed by atoms with E-state index in [2.05, 4.69) is 10.1 Å². The van der Waals surface area contributed by atoms with Crippen LogP contribution in [0, 0.1) is 0 Å². The number of nitrogens with one attached hydrogen (secondary N) is 1. The number of rotatable bonds is 5. The van der Waals surface area contributed by atoms with Gasteiger partial charge in [-0.1, -0.05) is 42.5 Å². The van der Waals surface area contributed by atoms with Gasteiger partial charge in [0, 0.05) is 19.4 Å². The van der Waals surface area contributed by atoms with Crippen molar-refractivity contribution in [2.24, 2.45) is 0 Å². The zero-order valence-electron chi connectivity index (χ0n) is 14.1. The molecule has 1 heterocycles. The molecule has 0 aliphatic carbocycles. The van der Waals surface area contributed by atoms with E-state index < -0.39 is 17.4 Å². The van der Waals surface area contributed by atoms with Crippen LogP contribution < -0.4 is 5.32 Å². The second-order valence-corrected chi connectivity index (χ2v) is 5.83. The lowest BCUT2D eigenvalue weighted by Gasteiger charge is -2.38. The highest BCUT2D eigenvalue weighted by Crippen LogP contribution is 2.32. The monoisotopic (exact) mass is 330 g/mol. The van der Waals surface area contributed by atoms with Crippen molar-refractivity contribution in [1.82, 2.24) is 10.2 Å². The zero-order valence-corrected chi connectivity index (χ0v) is 14.1. The minimum Gasteiger partial charge on any atom is -0.468 e. The second-order valence-electron chi connectivity index (χ2n) is 5.83. The van der Waals surface area contributed by atoms with Gasteiger partial charge in [-0.25, -0.2) is 0 Å². The Bertz CT molecular complexity index is 656. The van der Waals surface area contributed by atoms with Crippen molar-refractivity contribution < 1.29 is 19.1 Å². The average Bonchev–Trinajstić information content (AvgIpc) is 2.90. The number of benzene rings is 1. The van der Waals surface area contributed by atoms with Crippen LogP contribution in [0.25, 0.3) is 0 Å². The molecule has 0 bridgehead atoms. The van der Waals surface area contributed by atoms with E-state index in [1.54, 1.807) is 11.0 Å². The SMILES string of the molecule is COC(=O)CNC(=O)[C@@]1(Cc2ccccc2)C=C[C@@H](C)N1C(C)=O. The van der Waals surface area contributed by atoms with Gasteiger partial charge < -0.3 is 15.0 Å². The van der Waals surface area contributed by atoms with Gasteiger partial charge in [0.25, 0.3) is 5.91 Å². The fourth-order valence-corrected chi connectivity index (χ4v) is 3.09. The van der Waals surface area contributed by atoms with E-state index in [-0.39, 0.29) is 18.5 Å². The largest absolute Gasteiger partial charge is 0.468 e. The van der Waals surface area contributed by atoms with Crippen LogP contribution in [-0.4, -0.2) is 47.9 Å². The van der Waals surface area contributed by atoms with Crippen LogP contribution in [0.2, 0.25) is 0 Å². The number of carbonyl (C=O) groups excluding carboxylic acids is 3. The molecule has 0 radical (unpaired) electrons. The summed E-state index contributed by atoms with van der Waals surface area (Å²) < 4.78 is 4.56. The molecule has 1 aliphatic heterocycles. The van der Waals surface area contributed by atoms with Crippen molar-refractivity contribution >= 4 is 17.8 Å². The lowest BCUT2D eigenvalue weighted by atomic mass is 9.89. The van der Waals surface area contributed by atoms with Gasteiger partial charge in [0.1, 0.15) is 12.1 Å². The van der Waals surface area contributed by atoms with Crippen molar-refractivity contribution in [2.45, 2.75) is 31.8 Å². The average molecular weight is 330 g/mol. The van der Waals surface area contributed by atoms with Gasteiger partial charge in [-0.2, -0.15) is 0 Å². The Morgan fingerprint density at radius 3 is 2.50 bits per heavy atom. The standard InChI is InChI=1S/C18H22N2O4/c1-13-9-10-18(20(13)14(2)21,11-15-7-5-4-6-8-15)17(23)19-12-16(22)24-3/h4-10,13H,11-12H2,1-3H3,(H,19,23)/t13-,18+/m1/s1. The highest BCUT2D eigenvalue weighted by atomic mass is 16.5. The molecule has 6 nitrogen and oxygen atoms in total. The number of esters is 1. The molecule has 0 spiro atoms. The molecule has 24 heavy (non-hydrogen) atoms. The summed E-state index contributed by atoms with van der Waals surface area (Å²) in [4.78, 5) is 37.9. The number of hydrogen-bond acceptors (Lipinski definition) is 4. The van der Waals surface area contributed by atoms with Crippen molar-refractivity contribution in [3.05, 3.63) is 48.0 Å². The van der Waals surface area contributed by atoms with E-state index >= 15 is 0 Å². The minimum atomic E-state index is -1.15. The third-order valence-electron chi connectivity index (χ3n) is 4.16. The van der Waals surface area contributed by atoms with Crippen LogP contribution in [0.4, 0.5) is 0 Å². The predicted molar refractivity (Wildman–Crippen MR) is 89.0 cm³/mol. The molecule has 128 valence electrons. The molecule has 0 saturated heterocycles. The Balaban J connectivity index is 2.34. The van der Waals surface area contributed by atoms with E-state index in [1.165, 1.54) is 14.0 Å². The molecule has 1 aromatic rings. The zero-order chi connectivity index (χ0) is 17.7. The topological polar surface area (TPSA) is 75.7 Å². The third-order valence-corrected chi connectivity index (χ3v) is 4.16. The van der Waals surface area contributed by atoms with Gasteiger partial charge in [-0.3, -0.25) is 14.4 Å². The molecule has 2 rings (SSSR count). The Morgan fingerprint density at radius 1 is 1.25 bits per heavy atom. The van der Waals surface area contributed by atoms with Gasteiger partial charge >= 0.3 is 5.97 Å². The highest BCUT2D eigenvalue weighted by Gasteiger charge is 2.48. The third kappa shape index (κ3) is 3.48. The molecule has 0 fully saturated rings. The van der Waals surface area contributed by atoms with Crippen LogP contribution in [0.3, 0.4) is 0 Å². The van der Waals surface area contributed by atoms with Crippen LogP contribution in [0.5, 0.6) is 0 Å². The first-order valence-electron chi connectivity index (χ1n) is 7.79. The molecule has 1 aromatic carbocycles. The van der Waals surface area contributed by atoms with Crippen LogP contribution in [0.1, 0.15) is 19.4 Å². The quantitative estimate of drug-likeness (QED) is 0.647. The van der Waals surface area contributed by atoms with E-state index in [9.17, 15) is 14.4 Å². The van der Waals surface area contributed by atoms with Crippen LogP contribution >= 0.6 is 0 Å². The molecule has 0 unspecified atom stereocenters. The predicted octanol–water partition coefficient (Wildman–Crippen LogP) is 1.06. The lowest BCUT2D eigenvalue weighted by molar-refractivity contribution is -0.146. The number of nitrogens with zero attached hydrogens (tertiary/aromatic N) is 1. The number of ether oxygens (including phenoxy) is 1. The highest BCUT2D eigenvalue weighted by molar-refractivity contribution is 5.96. The molecule has 2 amide bonds. The summed E-state index contributed by atoms with van der Waals surface area (Å²) >= 11 is 0. The lowest BCUT2D eigenvalue weighted by Crippen LogP contribution is -2.60. The fraction of sp³-hybridized carbons (Fsp3) is 0.389. The molecular formula is C18H22N2O4. The maximum absolute atomic E-state index is 12.9. The van der Waals surface area contributed by atoms with Crippen LogP contribution in [-0.2, 0) is 25.5 Å². The summed E-state index contributed by atoms with van der Waals surface area (Å²) in [6, 6.07) is 9.28. The van der Waals surface area contributed by atoms with Gasteiger partial charge in [-0.05, 0) is 12.5 Å². The molecule has 6 heteroatoms.